The SMILES string of the molecule is Cc1ncc(CN2CCC23CCCN(C(=O)c2nnsc2C2CC2)C3)s1. The third kappa shape index (κ3) is 2.88. The molecule has 0 aromatic carbocycles. The molecule has 5 rings (SSSR count). The van der Waals surface area contributed by atoms with Crippen LogP contribution in [0.2, 0.25) is 0 Å². The van der Waals surface area contributed by atoms with E-state index in [1.54, 1.807) is 11.3 Å². The maximum Gasteiger partial charge on any atom is 0.275 e. The fourth-order valence-electron chi connectivity index (χ4n) is 4.36. The van der Waals surface area contributed by atoms with Crippen molar-refractivity contribution in [1.82, 2.24) is 24.4 Å². The highest BCUT2D eigenvalue weighted by Gasteiger charge is 2.48. The summed E-state index contributed by atoms with van der Waals surface area (Å²) in [4.78, 5) is 24.5. The second kappa shape index (κ2) is 6.35. The third-order valence-electron chi connectivity index (χ3n) is 6.04. The van der Waals surface area contributed by atoms with Gasteiger partial charge in [-0.3, -0.25) is 9.69 Å². The summed E-state index contributed by atoms with van der Waals surface area (Å²) >= 11 is 3.19. The number of rotatable bonds is 4. The molecule has 1 atom stereocenters. The van der Waals surface area contributed by atoms with E-state index in [-0.39, 0.29) is 11.4 Å². The van der Waals surface area contributed by atoms with Crippen molar-refractivity contribution in [2.24, 2.45) is 0 Å². The molecule has 138 valence electrons. The second-order valence-electron chi connectivity index (χ2n) is 7.83. The number of hydrogen-bond donors (Lipinski definition) is 0. The fraction of sp³-hybridized carbons (Fsp3) is 0.667. The summed E-state index contributed by atoms with van der Waals surface area (Å²) in [5.41, 5.74) is 0.771. The number of piperidine rings is 1. The summed E-state index contributed by atoms with van der Waals surface area (Å²) in [5, 5.41) is 5.31. The van der Waals surface area contributed by atoms with Gasteiger partial charge >= 0.3 is 0 Å². The Hall–Kier alpha value is -1.38. The van der Waals surface area contributed by atoms with Crippen molar-refractivity contribution in [3.8, 4) is 0 Å². The van der Waals surface area contributed by atoms with E-state index in [1.165, 1.54) is 42.1 Å². The molecule has 0 N–H and O–H groups in total. The largest absolute Gasteiger partial charge is 0.335 e. The molecule has 1 unspecified atom stereocenters. The average molecular weight is 390 g/mol. The molecule has 3 fully saturated rings. The molecule has 1 spiro atoms. The van der Waals surface area contributed by atoms with Crippen LogP contribution in [-0.4, -0.2) is 55.5 Å². The Bertz CT molecular complexity index is 829. The van der Waals surface area contributed by atoms with Crippen LogP contribution in [0.25, 0.3) is 0 Å². The van der Waals surface area contributed by atoms with Crippen LogP contribution in [0.1, 0.15) is 63.3 Å². The van der Waals surface area contributed by atoms with E-state index in [0.717, 1.165) is 42.5 Å². The molecule has 0 bridgehead atoms. The molecule has 1 aliphatic carbocycles. The molecule has 26 heavy (non-hydrogen) atoms. The molecule has 2 aromatic rings. The van der Waals surface area contributed by atoms with Gasteiger partial charge in [0.25, 0.3) is 5.91 Å². The molecule has 2 aliphatic heterocycles. The van der Waals surface area contributed by atoms with Gasteiger partial charge in [0.05, 0.1) is 9.88 Å². The van der Waals surface area contributed by atoms with Gasteiger partial charge in [0, 0.05) is 42.8 Å². The summed E-state index contributed by atoms with van der Waals surface area (Å²) in [7, 11) is 0. The first kappa shape index (κ1) is 16.8. The first-order chi connectivity index (χ1) is 12.6. The van der Waals surface area contributed by atoms with Gasteiger partial charge in [-0.15, -0.1) is 16.4 Å². The number of carbonyl (C=O) groups is 1. The predicted molar refractivity (Wildman–Crippen MR) is 102 cm³/mol. The van der Waals surface area contributed by atoms with Gasteiger partial charge in [-0.25, -0.2) is 4.98 Å². The fourth-order valence-corrected chi connectivity index (χ4v) is 5.98. The Labute approximate surface area is 161 Å². The average Bonchev–Trinajstić information content (AvgIpc) is 3.23. The molecule has 2 aromatic heterocycles. The Balaban J connectivity index is 1.31. The van der Waals surface area contributed by atoms with E-state index < -0.39 is 0 Å². The van der Waals surface area contributed by atoms with E-state index in [2.05, 4.69) is 26.4 Å². The van der Waals surface area contributed by atoms with Gasteiger partial charge in [0.2, 0.25) is 0 Å². The molecule has 1 amide bonds. The molecule has 2 saturated heterocycles. The van der Waals surface area contributed by atoms with Crippen LogP contribution in [0, 0.1) is 6.92 Å². The lowest BCUT2D eigenvalue weighted by Crippen LogP contribution is -2.66. The number of aryl methyl sites for hydroxylation is 1. The number of amides is 1. The Morgan fingerprint density at radius 1 is 1.35 bits per heavy atom. The van der Waals surface area contributed by atoms with Gasteiger partial charge in [-0.2, -0.15) is 0 Å². The molecule has 1 saturated carbocycles. The molecule has 3 aliphatic rings. The highest BCUT2D eigenvalue weighted by Crippen LogP contribution is 2.44. The van der Waals surface area contributed by atoms with Gasteiger partial charge in [0.15, 0.2) is 5.69 Å². The van der Waals surface area contributed by atoms with Gasteiger partial charge in [-0.05, 0) is 56.5 Å². The minimum atomic E-state index is 0.0974. The standard InChI is InChI=1S/C18H23N5OS2/c1-12-19-9-14(25-12)10-23-8-6-18(23)5-2-7-22(11-18)17(24)15-16(13-3-4-13)26-21-20-15/h9,13H,2-8,10-11H2,1H3. The van der Waals surface area contributed by atoms with E-state index in [1.807, 2.05) is 11.1 Å². The number of hydrogen-bond acceptors (Lipinski definition) is 7. The lowest BCUT2D eigenvalue weighted by atomic mass is 9.77. The van der Waals surface area contributed by atoms with Crippen LogP contribution in [0.15, 0.2) is 6.20 Å². The molecule has 0 radical (unpaired) electrons. The molecule has 4 heterocycles. The van der Waals surface area contributed by atoms with Crippen molar-refractivity contribution in [2.45, 2.75) is 57.0 Å². The summed E-state index contributed by atoms with van der Waals surface area (Å²) in [5.74, 6) is 0.627. The molecule has 6 nitrogen and oxygen atoms in total. The zero-order valence-electron chi connectivity index (χ0n) is 15.0. The summed E-state index contributed by atoms with van der Waals surface area (Å²) < 4.78 is 4.07. The Morgan fingerprint density at radius 2 is 2.23 bits per heavy atom. The number of nitrogens with zero attached hydrogens (tertiary/aromatic N) is 5. The lowest BCUT2D eigenvalue weighted by Gasteiger charge is -2.57. The van der Waals surface area contributed by atoms with Crippen LogP contribution in [0.5, 0.6) is 0 Å². The number of thiazole rings is 1. The minimum Gasteiger partial charge on any atom is -0.335 e. The topological polar surface area (TPSA) is 62.2 Å². The van der Waals surface area contributed by atoms with E-state index in [0.29, 0.717) is 11.6 Å². The Morgan fingerprint density at radius 3 is 2.92 bits per heavy atom. The van der Waals surface area contributed by atoms with Gasteiger partial charge in [-0.1, -0.05) is 4.49 Å². The summed E-state index contributed by atoms with van der Waals surface area (Å²) in [6.45, 7) is 5.80. The first-order valence-corrected chi connectivity index (χ1v) is 11.0. The molecular weight excluding hydrogens is 366 g/mol. The summed E-state index contributed by atoms with van der Waals surface area (Å²) in [6, 6.07) is 0. The maximum absolute atomic E-state index is 13.1. The van der Waals surface area contributed by atoms with E-state index >= 15 is 0 Å². The predicted octanol–water partition coefficient (Wildman–Crippen LogP) is 3.06. The van der Waals surface area contributed by atoms with Crippen LogP contribution >= 0.6 is 22.9 Å². The Kier molecular flexibility index (Phi) is 4.10. The zero-order valence-corrected chi connectivity index (χ0v) is 16.6. The maximum atomic E-state index is 13.1. The second-order valence-corrected chi connectivity index (χ2v) is 9.94. The highest BCUT2D eigenvalue weighted by atomic mass is 32.1. The highest BCUT2D eigenvalue weighted by molar-refractivity contribution is 7.11. The van der Waals surface area contributed by atoms with E-state index in [4.69, 9.17) is 0 Å². The van der Waals surface area contributed by atoms with Crippen LogP contribution < -0.4 is 0 Å². The number of likely N-dealkylation sites (tertiary alicyclic amines) is 2. The van der Waals surface area contributed by atoms with Crippen molar-refractivity contribution < 1.29 is 4.79 Å². The quantitative estimate of drug-likeness (QED) is 0.804. The third-order valence-corrected chi connectivity index (χ3v) is 7.82. The van der Waals surface area contributed by atoms with Crippen molar-refractivity contribution in [1.29, 1.82) is 0 Å². The van der Waals surface area contributed by atoms with Crippen molar-refractivity contribution in [2.75, 3.05) is 19.6 Å². The summed E-state index contributed by atoms with van der Waals surface area (Å²) in [6.07, 6.45) is 7.78. The smallest absolute Gasteiger partial charge is 0.275 e. The van der Waals surface area contributed by atoms with Gasteiger partial charge in [0.1, 0.15) is 0 Å². The molecule has 8 heteroatoms. The number of aromatic nitrogens is 3. The van der Waals surface area contributed by atoms with Crippen molar-refractivity contribution in [3.63, 3.8) is 0 Å². The normalized spacial score (nSPS) is 26.3. The zero-order chi connectivity index (χ0) is 17.7. The monoisotopic (exact) mass is 389 g/mol. The lowest BCUT2D eigenvalue weighted by molar-refractivity contribution is -0.0644. The van der Waals surface area contributed by atoms with Crippen LogP contribution in [0.4, 0.5) is 0 Å². The van der Waals surface area contributed by atoms with Crippen LogP contribution in [0.3, 0.4) is 0 Å². The van der Waals surface area contributed by atoms with Crippen molar-refractivity contribution >= 4 is 28.8 Å². The van der Waals surface area contributed by atoms with E-state index in [9.17, 15) is 4.79 Å². The first-order valence-electron chi connectivity index (χ1n) is 9.42. The number of carbonyl (C=O) groups excluding carboxylic acids is 1. The molecular formula is C18H23N5OS2. The van der Waals surface area contributed by atoms with Crippen molar-refractivity contribution in [3.05, 3.63) is 26.7 Å². The minimum absolute atomic E-state index is 0.0974. The van der Waals surface area contributed by atoms with Crippen LogP contribution in [-0.2, 0) is 6.54 Å². The van der Waals surface area contributed by atoms with Gasteiger partial charge < -0.3 is 4.90 Å².